The summed E-state index contributed by atoms with van der Waals surface area (Å²) in [6.07, 6.45) is 4.36. The van der Waals surface area contributed by atoms with E-state index in [1.165, 1.54) is 11.1 Å². The lowest BCUT2D eigenvalue weighted by Crippen LogP contribution is -1.91. The summed E-state index contributed by atoms with van der Waals surface area (Å²) in [4.78, 5) is 7.89. The highest BCUT2D eigenvalue weighted by Gasteiger charge is 1.97. The summed E-state index contributed by atoms with van der Waals surface area (Å²) in [6, 6.07) is 8.44. The summed E-state index contributed by atoms with van der Waals surface area (Å²) in [5, 5.41) is 0.294. The van der Waals surface area contributed by atoms with Gasteiger partial charge in [-0.25, -0.2) is 9.97 Å². The van der Waals surface area contributed by atoms with Gasteiger partial charge in [0.15, 0.2) is 0 Å². The molecule has 15 heavy (non-hydrogen) atoms. The van der Waals surface area contributed by atoms with Crippen molar-refractivity contribution in [3.05, 3.63) is 58.6 Å². The quantitative estimate of drug-likeness (QED) is 0.725. The van der Waals surface area contributed by atoms with Crippen LogP contribution in [-0.2, 0) is 6.42 Å². The van der Waals surface area contributed by atoms with E-state index in [4.69, 9.17) is 11.6 Å². The first-order chi connectivity index (χ1) is 7.24. The van der Waals surface area contributed by atoms with Crippen molar-refractivity contribution < 1.29 is 0 Å². The highest BCUT2D eigenvalue weighted by molar-refractivity contribution is 6.28. The lowest BCUT2D eigenvalue weighted by Gasteiger charge is -2.01. The first kappa shape index (κ1) is 10.1. The number of nitrogens with zero attached hydrogens (tertiary/aromatic N) is 2. The molecule has 2 nitrogen and oxygen atoms in total. The normalized spacial score (nSPS) is 10.3. The second-order valence-corrected chi connectivity index (χ2v) is 3.86. The van der Waals surface area contributed by atoms with Gasteiger partial charge in [-0.1, -0.05) is 29.8 Å². The van der Waals surface area contributed by atoms with Gasteiger partial charge in [-0.3, -0.25) is 0 Å². The maximum atomic E-state index is 5.61. The summed E-state index contributed by atoms with van der Waals surface area (Å²) in [5.74, 6) is 0. The SMILES string of the molecule is Cc1ccc(Cc2cnc(Cl)nc2)cc1. The van der Waals surface area contributed by atoms with Gasteiger partial charge in [0.2, 0.25) is 5.28 Å². The third-order valence-corrected chi connectivity index (χ3v) is 2.40. The molecule has 2 aromatic rings. The Bertz CT molecular complexity index is 391. The Kier molecular flexibility index (Phi) is 2.97. The van der Waals surface area contributed by atoms with Gasteiger partial charge in [-0.15, -0.1) is 0 Å². The van der Waals surface area contributed by atoms with Gasteiger partial charge in [0.1, 0.15) is 0 Å². The lowest BCUT2D eigenvalue weighted by molar-refractivity contribution is 1.07. The minimum atomic E-state index is 0.294. The second-order valence-electron chi connectivity index (χ2n) is 3.52. The van der Waals surface area contributed by atoms with Crippen LogP contribution in [0.4, 0.5) is 0 Å². The van der Waals surface area contributed by atoms with Crippen molar-refractivity contribution in [2.75, 3.05) is 0 Å². The molecule has 0 aliphatic carbocycles. The molecule has 0 atom stereocenters. The average molecular weight is 219 g/mol. The number of aryl methyl sites for hydroxylation is 1. The highest BCUT2D eigenvalue weighted by Crippen LogP contribution is 2.09. The Balaban J connectivity index is 2.15. The van der Waals surface area contributed by atoms with E-state index in [9.17, 15) is 0 Å². The predicted octanol–water partition coefficient (Wildman–Crippen LogP) is 3.03. The van der Waals surface area contributed by atoms with Gasteiger partial charge in [-0.2, -0.15) is 0 Å². The monoisotopic (exact) mass is 218 g/mol. The number of hydrogen-bond acceptors (Lipinski definition) is 2. The molecule has 0 saturated carbocycles. The third-order valence-electron chi connectivity index (χ3n) is 2.20. The highest BCUT2D eigenvalue weighted by atomic mass is 35.5. The van der Waals surface area contributed by atoms with Crippen LogP contribution in [0.25, 0.3) is 0 Å². The van der Waals surface area contributed by atoms with Crippen LogP contribution < -0.4 is 0 Å². The summed E-state index contributed by atoms with van der Waals surface area (Å²) in [7, 11) is 0. The second kappa shape index (κ2) is 4.41. The van der Waals surface area contributed by atoms with Crippen molar-refractivity contribution >= 4 is 11.6 Å². The van der Waals surface area contributed by atoms with Crippen LogP contribution in [0, 0.1) is 6.92 Å². The standard InChI is InChI=1S/C12H11ClN2/c1-9-2-4-10(5-3-9)6-11-7-14-12(13)15-8-11/h2-5,7-8H,6H2,1H3. The fraction of sp³-hybridized carbons (Fsp3) is 0.167. The molecule has 76 valence electrons. The summed E-state index contributed by atoms with van der Waals surface area (Å²) in [6.45, 7) is 2.08. The largest absolute Gasteiger partial charge is 0.226 e. The van der Waals surface area contributed by atoms with Crippen molar-refractivity contribution in [3.8, 4) is 0 Å². The summed E-state index contributed by atoms with van der Waals surface area (Å²) < 4.78 is 0. The maximum Gasteiger partial charge on any atom is 0.222 e. The van der Waals surface area contributed by atoms with Crippen LogP contribution >= 0.6 is 11.6 Å². The molecule has 1 aromatic heterocycles. The minimum absolute atomic E-state index is 0.294. The van der Waals surface area contributed by atoms with Crippen LogP contribution in [0.3, 0.4) is 0 Å². The van der Waals surface area contributed by atoms with Gasteiger partial charge >= 0.3 is 0 Å². The number of halogens is 1. The smallest absolute Gasteiger partial charge is 0.222 e. The summed E-state index contributed by atoms with van der Waals surface area (Å²) in [5.41, 5.74) is 3.60. The molecule has 0 unspecified atom stereocenters. The van der Waals surface area contributed by atoms with Crippen molar-refractivity contribution in [1.29, 1.82) is 0 Å². The molecule has 1 aromatic carbocycles. The number of benzene rings is 1. The molecular weight excluding hydrogens is 208 g/mol. The van der Waals surface area contributed by atoms with Gasteiger partial charge in [0.25, 0.3) is 0 Å². The van der Waals surface area contributed by atoms with Crippen molar-refractivity contribution in [1.82, 2.24) is 9.97 Å². The Labute approximate surface area is 94.0 Å². The molecule has 3 heteroatoms. The molecule has 0 spiro atoms. The van der Waals surface area contributed by atoms with E-state index in [2.05, 4.69) is 41.2 Å². The van der Waals surface area contributed by atoms with Gasteiger partial charge in [0, 0.05) is 18.8 Å². The first-order valence-electron chi connectivity index (χ1n) is 4.76. The van der Waals surface area contributed by atoms with Gasteiger partial charge in [0.05, 0.1) is 0 Å². The van der Waals surface area contributed by atoms with Crippen LogP contribution in [0.15, 0.2) is 36.7 Å². The van der Waals surface area contributed by atoms with Gasteiger partial charge in [-0.05, 0) is 29.7 Å². The molecule has 2 rings (SSSR count). The summed E-state index contributed by atoms with van der Waals surface area (Å²) >= 11 is 5.61. The van der Waals surface area contributed by atoms with Crippen molar-refractivity contribution in [2.24, 2.45) is 0 Å². The van der Waals surface area contributed by atoms with Crippen LogP contribution in [0.1, 0.15) is 16.7 Å². The molecule has 1 heterocycles. The van der Waals surface area contributed by atoms with E-state index in [1.807, 2.05) is 0 Å². The Morgan fingerprint density at radius 2 is 1.60 bits per heavy atom. The molecule has 0 amide bonds. The fourth-order valence-electron chi connectivity index (χ4n) is 1.37. The van der Waals surface area contributed by atoms with Gasteiger partial charge < -0.3 is 0 Å². The molecule has 0 bridgehead atoms. The topological polar surface area (TPSA) is 25.8 Å². The Hall–Kier alpha value is -1.41. The number of rotatable bonds is 2. The Morgan fingerprint density at radius 1 is 1.00 bits per heavy atom. The minimum Gasteiger partial charge on any atom is -0.226 e. The van der Waals surface area contributed by atoms with E-state index in [0.717, 1.165) is 12.0 Å². The predicted molar refractivity (Wildman–Crippen MR) is 61.0 cm³/mol. The first-order valence-corrected chi connectivity index (χ1v) is 5.14. The fourth-order valence-corrected chi connectivity index (χ4v) is 1.47. The zero-order valence-electron chi connectivity index (χ0n) is 8.44. The zero-order valence-corrected chi connectivity index (χ0v) is 9.20. The number of aromatic nitrogens is 2. The molecule has 0 fully saturated rings. The van der Waals surface area contributed by atoms with E-state index in [0.29, 0.717) is 5.28 Å². The zero-order chi connectivity index (χ0) is 10.7. The van der Waals surface area contributed by atoms with Crippen molar-refractivity contribution in [3.63, 3.8) is 0 Å². The third kappa shape index (κ3) is 2.77. The van der Waals surface area contributed by atoms with E-state index < -0.39 is 0 Å². The van der Waals surface area contributed by atoms with Crippen molar-refractivity contribution in [2.45, 2.75) is 13.3 Å². The average Bonchev–Trinajstić information content (AvgIpc) is 2.25. The van der Waals surface area contributed by atoms with E-state index in [1.54, 1.807) is 12.4 Å². The van der Waals surface area contributed by atoms with Crippen LogP contribution in [0.2, 0.25) is 5.28 Å². The lowest BCUT2D eigenvalue weighted by atomic mass is 10.1. The molecule has 0 aliphatic heterocycles. The van der Waals surface area contributed by atoms with Crippen LogP contribution in [0.5, 0.6) is 0 Å². The Morgan fingerprint density at radius 3 is 2.20 bits per heavy atom. The van der Waals surface area contributed by atoms with E-state index in [-0.39, 0.29) is 0 Å². The molecule has 0 aliphatic rings. The number of hydrogen-bond donors (Lipinski definition) is 0. The molecule has 0 N–H and O–H groups in total. The van der Waals surface area contributed by atoms with Crippen LogP contribution in [-0.4, -0.2) is 9.97 Å². The molecule has 0 radical (unpaired) electrons. The molecular formula is C12H11ClN2. The molecule has 0 saturated heterocycles. The maximum absolute atomic E-state index is 5.61. The van der Waals surface area contributed by atoms with E-state index >= 15 is 0 Å².